The molecule has 3 aromatic heterocycles. The highest BCUT2D eigenvalue weighted by Crippen LogP contribution is 2.31. The smallest absolute Gasteiger partial charge is 0.416 e. The Bertz CT molecular complexity index is 2220. The fraction of sp³-hybridized carbons (Fsp3) is 0.250. The second-order valence-electron chi connectivity index (χ2n) is 12.7. The van der Waals surface area contributed by atoms with E-state index in [0.29, 0.717) is 54.9 Å². The minimum atomic E-state index is -4.48. The van der Waals surface area contributed by atoms with Crippen LogP contribution in [0.25, 0.3) is 10.9 Å². The number of halogens is 3. The zero-order valence-electron chi connectivity index (χ0n) is 31.1. The molecule has 0 radical (unpaired) electrons. The largest absolute Gasteiger partial charge is 0.478 e. The summed E-state index contributed by atoms with van der Waals surface area (Å²) in [6.07, 6.45) is -0.0846. The highest BCUT2D eigenvalue weighted by Gasteiger charge is 2.30. The van der Waals surface area contributed by atoms with Crippen LogP contribution < -0.4 is 14.4 Å². The van der Waals surface area contributed by atoms with Crippen molar-refractivity contribution in [3.63, 3.8) is 0 Å². The SMILES string of the molecule is CCOc1ccc(CN2CCN(C(=O)c3cc4cc(Oc5ccc(N(C)C(=O)c6ccc(C(F)(F)F)cc6)cn5)ccc4n3C)CC2)cn1.O=C(O)/C=C\C(=O)O. The van der Waals surface area contributed by atoms with Crippen molar-refractivity contribution in [2.45, 2.75) is 19.6 Å². The van der Waals surface area contributed by atoms with Gasteiger partial charge in [-0.3, -0.25) is 14.5 Å². The summed E-state index contributed by atoms with van der Waals surface area (Å²) in [4.78, 5) is 59.6. The number of ether oxygens (including phenoxy) is 2. The van der Waals surface area contributed by atoms with Crippen LogP contribution in [0.5, 0.6) is 17.5 Å². The van der Waals surface area contributed by atoms with E-state index >= 15 is 0 Å². The molecule has 57 heavy (non-hydrogen) atoms. The first-order valence-electron chi connectivity index (χ1n) is 17.5. The number of carboxylic acids is 2. The number of aryl methyl sites for hydroxylation is 1. The Hall–Kier alpha value is -6.75. The van der Waals surface area contributed by atoms with Crippen molar-refractivity contribution in [3.05, 3.63) is 120 Å². The molecule has 1 saturated heterocycles. The van der Waals surface area contributed by atoms with Crippen LogP contribution >= 0.6 is 0 Å². The Balaban J connectivity index is 0.000000701. The predicted octanol–water partition coefficient (Wildman–Crippen LogP) is 6.12. The molecule has 0 spiro atoms. The Labute approximate surface area is 325 Å². The summed E-state index contributed by atoms with van der Waals surface area (Å²) in [7, 11) is 3.38. The Morgan fingerprint density at radius 1 is 0.842 bits per heavy atom. The van der Waals surface area contributed by atoms with Crippen molar-refractivity contribution in [1.29, 1.82) is 0 Å². The summed E-state index contributed by atoms with van der Waals surface area (Å²) < 4.78 is 51.9. The van der Waals surface area contributed by atoms with Crippen molar-refractivity contribution < 1.29 is 52.0 Å². The van der Waals surface area contributed by atoms with Crippen LogP contribution in [-0.2, 0) is 29.4 Å². The number of fused-ring (bicyclic) bond motifs is 1. The molecule has 1 aliphatic heterocycles. The summed E-state index contributed by atoms with van der Waals surface area (Å²) in [6, 6.07) is 18.6. The standard InChI is InChI=1S/C36H35F3N6O4.C4H4O4/c1-4-48-32-13-5-24(21-40-32)23-44-15-17-45(18-16-44)35(47)31-20-26-19-29(11-12-30(26)43(31)3)49-33-14-10-28(22-41-33)42(2)34(46)25-6-8-27(9-7-25)36(37,38)39;5-3(6)1-2-4(7)8/h5-14,19-22H,4,15-18,23H2,1-3H3;1-2H,(H,5,6)(H,7,8)/b;2-1-. The lowest BCUT2D eigenvalue weighted by Gasteiger charge is -2.34. The zero-order valence-corrected chi connectivity index (χ0v) is 31.1. The Morgan fingerprint density at radius 3 is 2.05 bits per heavy atom. The number of carboxylic acid groups (broad SMARTS) is 2. The molecule has 5 aromatic rings. The van der Waals surface area contributed by atoms with Gasteiger partial charge < -0.3 is 34.1 Å². The molecule has 0 aliphatic carbocycles. The van der Waals surface area contributed by atoms with Gasteiger partial charge >= 0.3 is 18.1 Å². The third-order valence-electron chi connectivity index (χ3n) is 8.85. The molecule has 0 atom stereocenters. The van der Waals surface area contributed by atoms with Gasteiger partial charge in [0.2, 0.25) is 11.8 Å². The van der Waals surface area contributed by atoms with Crippen LogP contribution in [0.1, 0.15) is 38.9 Å². The van der Waals surface area contributed by atoms with E-state index in [1.165, 1.54) is 18.1 Å². The summed E-state index contributed by atoms with van der Waals surface area (Å²) >= 11 is 0. The van der Waals surface area contributed by atoms with Crippen molar-refractivity contribution in [3.8, 4) is 17.5 Å². The summed E-state index contributed by atoms with van der Waals surface area (Å²) in [5.41, 5.74) is 2.29. The van der Waals surface area contributed by atoms with E-state index < -0.39 is 29.6 Å². The second kappa shape index (κ2) is 18.3. The van der Waals surface area contributed by atoms with Crippen LogP contribution in [0.2, 0.25) is 0 Å². The van der Waals surface area contributed by atoms with Crippen LogP contribution in [0.3, 0.4) is 0 Å². The van der Waals surface area contributed by atoms with Crippen LogP contribution in [0, 0.1) is 0 Å². The molecule has 1 fully saturated rings. The molecule has 6 rings (SSSR count). The number of carbonyl (C=O) groups excluding carboxylic acids is 2. The fourth-order valence-corrected chi connectivity index (χ4v) is 5.87. The van der Waals surface area contributed by atoms with Gasteiger partial charge in [-0.1, -0.05) is 6.07 Å². The zero-order chi connectivity index (χ0) is 41.3. The second-order valence-corrected chi connectivity index (χ2v) is 12.7. The Morgan fingerprint density at radius 2 is 1.49 bits per heavy atom. The maximum absolute atomic E-state index is 13.6. The number of carbonyl (C=O) groups is 4. The summed E-state index contributed by atoms with van der Waals surface area (Å²) in [6.45, 7) is 6.00. The third-order valence-corrected chi connectivity index (χ3v) is 8.85. The number of rotatable bonds is 11. The summed E-state index contributed by atoms with van der Waals surface area (Å²) in [5, 5.41) is 16.5. The first kappa shape index (κ1) is 41.4. The number of hydrogen-bond acceptors (Lipinski definition) is 9. The number of alkyl halides is 3. The number of nitrogens with zero attached hydrogens (tertiary/aromatic N) is 6. The van der Waals surface area contributed by atoms with Gasteiger partial charge in [0.05, 0.1) is 24.1 Å². The number of aromatic nitrogens is 3. The van der Waals surface area contributed by atoms with Crippen LogP contribution in [-0.4, -0.2) is 98.1 Å². The van der Waals surface area contributed by atoms with Gasteiger partial charge in [0.15, 0.2) is 0 Å². The molecule has 17 heteroatoms. The molecular formula is C40H39F3N6O8. The monoisotopic (exact) mass is 788 g/mol. The molecule has 298 valence electrons. The number of amides is 2. The van der Waals surface area contributed by atoms with E-state index in [-0.39, 0.29) is 17.4 Å². The lowest BCUT2D eigenvalue weighted by Crippen LogP contribution is -2.48. The molecule has 14 nitrogen and oxygen atoms in total. The van der Waals surface area contributed by atoms with Gasteiger partial charge in [-0.2, -0.15) is 13.2 Å². The average Bonchev–Trinajstić information content (AvgIpc) is 3.52. The normalized spacial score (nSPS) is 13.2. The van der Waals surface area contributed by atoms with E-state index in [9.17, 15) is 32.3 Å². The molecule has 0 unspecified atom stereocenters. The van der Waals surface area contributed by atoms with Crippen LogP contribution in [0.4, 0.5) is 18.9 Å². The molecule has 4 heterocycles. The molecule has 2 aromatic carbocycles. The van der Waals surface area contributed by atoms with E-state index in [1.54, 1.807) is 18.2 Å². The van der Waals surface area contributed by atoms with Gasteiger partial charge in [0.25, 0.3) is 11.8 Å². The van der Waals surface area contributed by atoms with Gasteiger partial charge in [-0.05, 0) is 67.1 Å². The van der Waals surface area contributed by atoms with Gasteiger partial charge in [0, 0.05) is 93.8 Å². The highest BCUT2D eigenvalue weighted by molar-refractivity contribution is 6.05. The molecule has 2 N–H and O–H groups in total. The molecule has 1 aliphatic rings. The quantitative estimate of drug-likeness (QED) is 0.148. The first-order chi connectivity index (χ1) is 27.1. The number of benzene rings is 2. The average molecular weight is 789 g/mol. The topological polar surface area (TPSA) is 168 Å². The van der Waals surface area contributed by atoms with E-state index in [2.05, 4.69) is 14.9 Å². The molecule has 0 saturated carbocycles. The fourth-order valence-electron chi connectivity index (χ4n) is 5.87. The van der Waals surface area contributed by atoms with E-state index in [0.717, 1.165) is 60.4 Å². The Kier molecular flexibility index (Phi) is 13.3. The maximum Gasteiger partial charge on any atom is 0.416 e. The minimum absolute atomic E-state index is 0.0317. The number of pyridine rings is 2. The van der Waals surface area contributed by atoms with Crippen molar-refractivity contribution in [2.75, 3.05) is 44.7 Å². The predicted molar refractivity (Wildman–Crippen MR) is 202 cm³/mol. The van der Waals surface area contributed by atoms with Crippen molar-refractivity contribution >= 4 is 40.3 Å². The third kappa shape index (κ3) is 10.9. The highest BCUT2D eigenvalue weighted by atomic mass is 19.4. The summed E-state index contributed by atoms with van der Waals surface area (Å²) in [5.74, 6) is -1.61. The van der Waals surface area contributed by atoms with Crippen molar-refractivity contribution in [1.82, 2.24) is 24.3 Å². The van der Waals surface area contributed by atoms with E-state index in [4.69, 9.17) is 19.7 Å². The van der Waals surface area contributed by atoms with Gasteiger partial charge in [-0.15, -0.1) is 0 Å². The lowest BCUT2D eigenvalue weighted by atomic mass is 10.1. The van der Waals surface area contributed by atoms with Gasteiger partial charge in [-0.25, -0.2) is 19.6 Å². The van der Waals surface area contributed by atoms with Crippen LogP contribution in [0.15, 0.2) is 97.3 Å². The number of piperazine rings is 1. The lowest BCUT2D eigenvalue weighted by molar-refractivity contribution is -0.137. The number of anilines is 1. The van der Waals surface area contributed by atoms with Crippen molar-refractivity contribution in [2.24, 2.45) is 7.05 Å². The number of aliphatic carboxylic acids is 2. The van der Waals surface area contributed by atoms with Gasteiger partial charge in [0.1, 0.15) is 11.4 Å². The molecular weight excluding hydrogens is 749 g/mol. The maximum atomic E-state index is 13.6. The molecule has 0 bridgehead atoms. The molecule has 2 amide bonds. The first-order valence-corrected chi connectivity index (χ1v) is 17.5. The number of hydrogen-bond donors (Lipinski definition) is 2. The van der Waals surface area contributed by atoms with E-state index in [1.807, 2.05) is 60.0 Å². The minimum Gasteiger partial charge on any atom is -0.478 e.